The molecule has 3 aromatic rings. The zero-order valence-corrected chi connectivity index (χ0v) is 18.3. The summed E-state index contributed by atoms with van der Waals surface area (Å²) in [5.74, 6) is 0.0277. The second-order valence-corrected chi connectivity index (χ2v) is 8.25. The Morgan fingerprint density at radius 3 is 2.62 bits per heavy atom. The minimum atomic E-state index is -4.60. The number of amides is 2. The first-order valence-corrected chi connectivity index (χ1v) is 10.9. The van der Waals surface area contributed by atoms with Crippen LogP contribution in [0.4, 0.5) is 18.0 Å². The topological polar surface area (TPSA) is 94.2 Å². The van der Waals surface area contributed by atoms with Crippen LogP contribution in [0.2, 0.25) is 5.02 Å². The molecule has 11 heteroatoms. The average molecular weight is 486 g/mol. The third kappa shape index (κ3) is 5.31. The SMILES string of the molecule is CCNC(=O)NCCSc1c(-c2cc(Cl)ccc2O)c2cc(C(F)(F)F)ccc2[nH]c1=O. The molecule has 0 radical (unpaired) electrons. The molecule has 2 aromatic carbocycles. The highest BCUT2D eigenvalue weighted by Gasteiger charge is 2.31. The number of carbonyl (C=O) groups is 1. The number of phenols is 1. The second kappa shape index (κ2) is 9.74. The van der Waals surface area contributed by atoms with Gasteiger partial charge in [0.2, 0.25) is 0 Å². The van der Waals surface area contributed by atoms with E-state index in [1.165, 1.54) is 24.3 Å². The quantitative estimate of drug-likeness (QED) is 0.292. The van der Waals surface area contributed by atoms with Gasteiger partial charge in [-0.3, -0.25) is 4.79 Å². The van der Waals surface area contributed by atoms with Crippen molar-refractivity contribution in [2.45, 2.75) is 18.0 Å². The average Bonchev–Trinajstić information content (AvgIpc) is 2.72. The minimum Gasteiger partial charge on any atom is -0.507 e. The number of H-pyrrole nitrogens is 1. The lowest BCUT2D eigenvalue weighted by molar-refractivity contribution is -0.137. The van der Waals surface area contributed by atoms with Gasteiger partial charge < -0.3 is 20.7 Å². The third-order valence-electron chi connectivity index (χ3n) is 4.50. The van der Waals surface area contributed by atoms with Crippen molar-refractivity contribution in [3.8, 4) is 16.9 Å². The molecule has 0 bridgehead atoms. The van der Waals surface area contributed by atoms with Gasteiger partial charge in [-0.2, -0.15) is 13.2 Å². The Morgan fingerprint density at radius 1 is 1.19 bits per heavy atom. The molecule has 1 heterocycles. The molecule has 0 spiro atoms. The molecule has 1 aromatic heterocycles. The maximum absolute atomic E-state index is 13.4. The predicted octanol–water partition coefficient (Wildman–Crippen LogP) is 4.98. The van der Waals surface area contributed by atoms with Crippen LogP contribution in [0.3, 0.4) is 0 Å². The number of nitrogens with one attached hydrogen (secondary N) is 3. The van der Waals surface area contributed by atoms with Crippen molar-refractivity contribution in [1.29, 1.82) is 0 Å². The number of pyridine rings is 1. The number of aromatic amines is 1. The first kappa shape index (κ1) is 23.8. The van der Waals surface area contributed by atoms with Crippen molar-refractivity contribution in [2.75, 3.05) is 18.8 Å². The lowest BCUT2D eigenvalue weighted by Crippen LogP contribution is -2.36. The molecule has 3 rings (SSSR count). The Bertz CT molecular complexity index is 1210. The van der Waals surface area contributed by atoms with E-state index in [1.54, 1.807) is 6.92 Å². The van der Waals surface area contributed by atoms with E-state index in [-0.39, 0.29) is 56.0 Å². The van der Waals surface area contributed by atoms with Crippen LogP contribution in [-0.2, 0) is 6.18 Å². The molecule has 0 unspecified atom stereocenters. The van der Waals surface area contributed by atoms with Crippen molar-refractivity contribution in [1.82, 2.24) is 15.6 Å². The van der Waals surface area contributed by atoms with Gasteiger partial charge >= 0.3 is 12.2 Å². The molecule has 0 aliphatic carbocycles. The number of benzene rings is 2. The van der Waals surface area contributed by atoms with Gasteiger partial charge in [0, 0.05) is 45.9 Å². The summed E-state index contributed by atoms with van der Waals surface area (Å²) in [6, 6.07) is 6.74. The number of phenolic OH excluding ortho intramolecular Hbond substituents is 1. The molecule has 0 aliphatic rings. The Balaban J connectivity index is 2.14. The summed E-state index contributed by atoms with van der Waals surface area (Å²) < 4.78 is 40.1. The molecular weight excluding hydrogens is 467 g/mol. The molecule has 170 valence electrons. The largest absolute Gasteiger partial charge is 0.507 e. The molecule has 32 heavy (non-hydrogen) atoms. The normalized spacial score (nSPS) is 11.5. The number of aromatic hydroxyl groups is 1. The van der Waals surface area contributed by atoms with Crippen molar-refractivity contribution in [3.05, 3.63) is 57.3 Å². The number of fused-ring (bicyclic) bond motifs is 1. The number of hydrogen-bond acceptors (Lipinski definition) is 4. The van der Waals surface area contributed by atoms with Crippen LogP contribution in [0.5, 0.6) is 5.75 Å². The zero-order valence-electron chi connectivity index (χ0n) is 16.8. The van der Waals surface area contributed by atoms with Crippen molar-refractivity contribution < 1.29 is 23.1 Å². The van der Waals surface area contributed by atoms with E-state index in [4.69, 9.17) is 11.6 Å². The maximum Gasteiger partial charge on any atom is 0.416 e. The first-order chi connectivity index (χ1) is 15.1. The van der Waals surface area contributed by atoms with Crippen LogP contribution in [-0.4, -0.2) is 35.0 Å². The van der Waals surface area contributed by atoms with Crippen molar-refractivity contribution in [3.63, 3.8) is 0 Å². The summed E-state index contributed by atoms with van der Waals surface area (Å²) in [6.45, 7) is 2.42. The van der Waals surface area contributed by atoms with Gasteiger partial charge in [0.15, 0.2) is 0 Å². The van der Waals surface area contributed by atoms with E-state index in [1.807, 2.05) is 0 Å². The molecule has 2 amide bonds. The number of thioether (sulfide) groups is 1. The van der Waals surface area contributed by atoms with Gasteiger partial charge in [0.25, 0.3) is 5.56 Å². The Kier molecular flexibility index (Phi) is 7.25. The number of rotatable bonds is 6. The molecule has 0 aliphatic heterocycles. The van der Waals surface area contributed by atoms with Gasteiger partial charge in [0.05, 0.1) is 10.5 Å². The lowest BCUT2D eigenvalue weighted by Gasteiger charge is -2.16. The van der Waals surface area contributed by atoms with Gasteiger partial charge in [0.1, 0.15) is 5.75 Å². The summed E-state index contributed by atoms with van der Waals surface area (Å²) in [5.41, 5.74) is -0.976. The fraction of sp³-hybridized carbons (Fsp3) is 0.238. The minimum absolute atomic E-state index is 0.104. The summed E-state index contributed by atoms with van der Waals surface area (Å²) in [6.07, 6.45) is -4.60. The summed E-state index contributed by atoms with van der Waals surface area (Å²) in [7, 11) is 0. The van der Waals surface area contributed by atoms with E-state index in [0.717, 1.165) is 23.9 Å². The van der Waals surface area contributed by atoms with E-state index in [9.17, 15) is 27.9 Å². The third-order valence-corrected chi connectivity index (χ3v) is 5.82. The summed E-state index contributed by atoms with van der Waals surface area (Å²) in [4.78, 5) is 27.1. The Morgan fingerprint density at radius 2 is 1.94 bits per heavy atom. The summed E-state index contributed by atoms with van der Waals surface area (Å²) in [5, 5.41) is 16.0. The Labute approximate surface area is 190 Å². The first-order valence-electron chi connectivity index (χ1n) is 9.52. The molecule has 4 N–H and O–H groups in total. The number of aromatic nitrogens is 1. The van der Waals surface area contributed by atoms with Gasteiger partial charge in [-0.05, 0) is 43.3 Å². The van der Waals surface area contributed by atoms with Crippen LogP contribution < -0.4 is 16.2 Å². The van der Waals surface area contributed by atoms with Crippen molar-refractivity contribution in [2.24, 2.45) is 0 Å². The molecule has 0 atom stereocenters. The Hall–Kier alpha value is -2.85. The maximum atomic E-state index is 13.4. The van der Waals surface area contributed by atoms with Crippen LogP contribution in [0, 0.1) is 0 Å². The number of halogens is 4. The molecule has 0 saturated carbocycles. The number of hydrogen-bond donors (Lipinski definition) is 4. The van der Waals surface area contributed by atoms with Crippen molar-refractivity contribution >= 4 is 40.3 Å². The highest BCUT2D eigenvalue weighted by Crippen LogP contribution is 2.41. The van der Waals surface area contributed by atoms with Gasteiger partial charge in [-0.1, -0.05) is 11.6 Å². The van der Waals surface area contributed by atoms with Crippen LogP contribution >= 0.6 is 23.4 Å². The lowest BCUT2D eigenvalue weighted by atomic mass is 9.98. The smallest absolute Gasteiger partial charge is 0.416 e. The van der Waals surface area contributed by atoms with E-state index >= 15 is 0 Å². The summed E-state index contributed by atoms with van der Waals surface area (Å²) >= 11 is 7.12. The van der Waals surface area contributed by atoms with Gasteiger partial charge in [-0.15, -0.1) is 11.8 Å². The fourth-order valence-corrected chi connectivity index (χ4v) is 4.23. The molecule has 0 saturated heterocycles. The van der Waals surface area contributed by atoms with Crippen LogP contribution in [0.1, 0.15) is 12.5 Å². The van der Waals surface area contributed by atoms with E-state index in [0.29, 0.717) is 6.54 Å². The molecular formula is C21H19ClF3N3O3S. The number of alkyl halides is 3. The highest BCUT2D eigenvalue weighted by molar-refractivity contribution is 7.99. The van der Waals surface area contributed by atoms with E-state index < -0.39 is 17.3 Å². The molecule has 0 fully saturated rings. The second-order valence-electron chi connectivity index (χ2n) is 6.71. The van der Waals surface area contributed by atoms with E-state index in [2.05, 4.69) is 15.6 Å². The van der Waals surface area contributed by atoms with Crippen LogP contribution in [0.25, 0.3) is 22.0 Å². The highest BCUT2D eigenvalue weighted by atomic mass is 35.5. The standard InChI is InChI=1S/C21H19ClF3N3O3S/c1-2-26-20(31)27-7-8-32-18-17(14-10-12(22)4-6-16(14)29)13-9-11(21(23,24)25)3-5-15(13)28-19(18)30/h3-6,9-10,29H,2,7-8H2,1H3,(H,28,30)(H2,26,27,31). The van der Waals surface area contributed by atoms with Crippen LogP contribution in [0.15, 0.2) is 46.1 Å². The van der Waals surface area contributed by atoms with Gasteiger partial charge in [-0.25, -0.2) is 4.79 Å². The number of urea groups is 1. The monoisotopic (exact) mass is 485 g/mol. The molecule has 6 nitrogen and oxygen atoms in total. The fourth-order valence-electron chi connectivity index (χ4n) is 3.11. The number of carbonyl (C=O) groups excluding carboxylic acids is 1. The zero-order chi connectivity index (χ0) is 23.5. The predicted molar refractivity (Wildman–Crippen MR) is 119 cm³/mol.